The highest BCUT2D eigenvalue weighted by Crippen LogP contribution is 2.61. The second-order valence-electron chi connectivity index (χ2n) is 3.06. The predicted molar refractivity (Wildman–Crippen MR) is 42.2 cm³/mol. The molecule has 1 rings (SSSR count). The maximum absolute atomic E-state index is 6.03. The molecule has 0 aromatic heterocycles. The third-order valence-corrected chi connectivity index (χ3v) is 5.82. The second kappa shape index (κ2) is 2.03. The topological polar surface area (TPSA) is 0 Å². The van der Waals surface area contributed by atoms with Crippen molar-refractivity contribution in [1.29, 1.82) is 0 Å². The largest absolute Gasteiger partial charge is 0.365 e. The van der Waals surface area contributed by atoms with Crippen LogP contribution in [-0.4, -0.2) is 26.1 Å². The van der Waals surface area contributed by atoms with Gasteiger partial charge in [-0.1, -0.05) is 0 Å². The third-order valence-electron chi connectivity index (χ3n) is 2.27. The van der Waals surface area contributed by atoms with Crippen molar-refractivity contribution in [3.63, 3.8) is 0 Å². The van der Waals surface area contributed by atoms with Crippen molar-refractivity contribution in [3.8, 4) is 0 Å². The second-order valence-corrected chi connectivity index (χ2v) is 7.08. The van der Waals surface area contributed by atoms with Gasteiger partial charge in [0.2, 0.25) is 0 Å². The molecule has 0 aromatic rings. The summed E-state index contributed by atoms with van der Waals surface area (Å²) in [6.45, 7) is 4.56. The van der Waals surface area contributed by atoms with Gasteiger partial charge in [0.15, 0.2) is 0 Å². The molecule has 44 valence electrons. The van der Waals surface area contributed by atoms with E-state index in [9.17, 15) is 0 Å². The summed E-state index contributed by atoms with van der Waals surface area (Å²) in [6.07, 6.45) is 4.08. The molecule has 0 amide bonds. The zero-order chi connectivity index (χ0) is 6.20. The van der Waals surface area contributed by atoms with Crippen LogP contribution in [0.2, 0.25) is 0 Å². The maximum Gasteiger partial charge on any atom is 0.365 e. The standard InChI is InChI=1S/C6H13BP/c1-6-4-3-5-8(6,2)7/h6H,3-5H2,1-2H3/q+1/t6-,8?/m1/s1. The molecule has 2 heteroatoms. The molecule has 1 fully saturated rings. The van der Waals surface area contributed by atoms with Crippen molar-refractivity contribution in [3.05, 3.63) is 0 Å². The van der Waals surface area contributed by atoms with Crippen LogP contribution in [0.3, 0.4) is 0 Å². The summed E-state index contributed by atoms with van der Waals surface area (Å²) < 4.78 is 0. The van der Waals surface area contributed by atoms with Crippen LogP contribution in [0.4, 0.5) is 0 Å². The maximum atomic E-state index is 6.03. The summed E-state index contributed by atoms with van der Waals surface area (Å²) in [7, 11) is 5.15. The van der Waals surface area contributed by atoms with Gasteiger partial charge in [-0.25, -0.2) is 0 Å². The first-order chi connectivity index (χ1) is 3.63. The van der Waals surface area contributed by atoms with Gasteiger partial charge in [-0.15, -0.1) is 0 Å². The minimum absolute atomic E-state index is 0.850. The number of hydrogen-bond donors (Lipinski definition) is 0. The summed E-state index contributed by atoms with van der Waals surface area (Å²) in [4.78, 5) is 0. The first-order valence-corrected chi connectivity index (χ1v) is 5.83. The number of rotatable bonds is 0. The molecule has 0 nitrogen and oxygen atoms in total. The van der Waals surface area contributed by atoms with E-state index in [-0.39, 0.29) is 0 Å². The van der Waals surface area contributed by atoms with Crippen molar-refractivity contribution in [2.45, 2.75) is 25.4 Å². The van der Waals surface area contributed by atoms with E-state index < -0.39 is 7.14 Å². The molecule has 1 heterocycles. The summed E-state index contributed by atoms with van der Waals surface area (Å²) >= 11 is 0. The monoisotopic (exact) mass is 127 g/mol. The zero-order valence-corrected chi connectivity index (χ0v) is 6.62. The summed E-state index contributed by atoms with van der Waals surface area (Å²) in [5.74, 6) is 0. The van der Waals surface area contributed by atoms with Crippen LogP contribution in [0.25, 0.3) is 0 Å². The molecule has 0 spiro atoms. The SMILES string of the molecule is [B][P+]1(C)CCC[C@H]1C. The van der Waals surface area contributed by atoms with Crippen LogP contribution in [0, 0.1) is 0 Å². The van der Waals surface area contributed by atoms with Crippen LogP contribution in [0.5, 0.6) is 0 Å². The zero-order valence-electron chi connectivity index (χ0n) is 5.72. The van der Waals surface area contributed by atoms with Crippen LogP contribution in [0.1, 0.15) is 19.8 Å². The molecule has 0 aliphatic carbocycles. The van der Waals surface area contributed by atoms with E-state index in [2.05, 4.69) is 13.6 Å². The normalized spacial score (nSPS) is 47.5. The van der Waals surface area contributed by atoms with Gasteiger partial charge in [-0.3, -0.25) is 0 Å². The van der Waals surface area contributed by atoms with E-state index in [1.165, 1.54) is 19.0 Å². The highest BCUT2D eigenvalue weighted by molar-refractivity contribution is 7.97. The minimum atomic E-state index is -0.884. The lowest BCUT2D eigenvalue weighted by molar-refractivity contribution is 0.835. The Hall–Kier alpha value is 0.495. The molecule has 1 saturated heterocycles. The quantitative estimate of drug-likeness (QED) is 0.344. The van der Waals surface area contributed by atoms with Crippen LogP contribution >= 0.6 is 7.14 Å². The lowest BCUT2D eigenvalue weighted by atomic mass is 10.3. The van der Waals surface area contributed by atoms with Gasteiger partial charge in [-0.05, 0) is 26.9 Å². The van der Waals surface area contributed by atoms with Gasteiger partial charge >= 0.3 is 7.57 Å². The molecule has 2 radical (unpaired) electrons. The van der Waals surface area contributed by atoms with Gasteiger partial charge in [-0.2, -0.15) is 0 Å². The molecule has 2 atom stereocenters. The molecule has 0 bridgehead atoms. The fourth-order valence-corrected chi connectivity index (χ4v) is 3.32. The van der Waals surface area contributed by atoms with Gasteiger partial charge in [0, 0.05) is 12.8 Å². The summed E-state index contributed by atoms with van der Waals surface area (Å²) in [5, 5.41) is 0. The molecule has 8 heavy (non-hydrogen) atoms. The molecule has 0 saturated carbocycles. The van der Waals surface area contributed by atoms with Crippen molar-refractivity contribution < 1.29 is 0 Å². The average Bonchev–Trinajstić information content (AvgIpc) is 1.86. The van der Waals surface area contributed by atoms with Crippen molar-refractivity contribution >= 4 is 14.7 Å². The van der Waals surface area contributed by atoms with Crippen LogP contribution in [0.15, 0.2) is 0 Å². The molecule has 1 unspecified atom stereocenters. The van der Waals surface area contributed by atoms with Crippen LogP contribution < -0.4 is 0 Å². The van der Waals surface area contributed by atoms with E-state index in [1.54, 1.807) is 0 Å². The fraction of sp³-hybridized carbons (Fsp3) is 1.00. The predicted octanol–water partition coefficient (Wildman–Crippen LogP) is 1.90. The van der Waals surface area contributed by atoms with Gasteiger partial charge in [0.05, 0.1) is 5.66 Å². The first-order valence-electron chi connectivity index (χ1n) is 3.27. The molecule has 0 N–H and O–H groups in total. The Bertz CT molecular complexity index is 90.5. The summed E-state index contributed by atoms with van der Waals surface area (Å²) in [5.41, 5.74) is 0.850. The van der Waals surface area contributed by atoms with E-state index in [1.807, 2.05) is 0 Å². The molecule has 1 aliphatic rings. The Morgan fingerprint density at radius 1 is 1.62 bits per heavy atom. The minimum Gasteiger partial charge on any atom is -0.0404 e. The lowest BCUT2D eigenvalue weighted by Crippen LogP contribution is -2.01. The first kappa shape index (κ1) is 6.61. The lowest BCUT2D eigenvalue weighted by Gasteiger charge is -2.15. The molecular formula is C6H13BP+. The fourth-order valence-electron chi connectivity index (χ4n) is 1.24. The molecule has 0 aromatic carbocycles. The number of hydrogen-bond acceptors (Lipinski definition) is 0. The summed E-state index contributed by atoms with van der Waals surface area (Å²) in [6, 6.07) is 0. The third kappa shape index (κ3) is 1.08. The van der Waals surface area contributed by atoms with Crippen molar-refractivity contribution in [2.24, 2.45) is 0 Å². The van der Waals surface area contributed by atoms with Crippen molar-refractivity contribution in [1.82, 2.24) is 0 Å². The Kier molecular flexibility index (Phi) is 1.67. The Morgan fingerprint density at radius 2 is 2.25 bits per heavy atom. The average molecular weight is 127 g/mol. The van der Waals surface area contributed by atoms with E-state index in [0.29, 0.717) is 0 Å². The Labute approximate surface area is 53.8 Å². The van der Waals surface area contributed by atoms with E-state index in [4.69, 9.17) is 7.57 Å². The van der Waals surface area contributed by atoms with Gasteiger partial charge in [0.1, 0.15) is 0 Å². The highest BCUT2D eigenvalue weighted by atomic mass is 31.2. The van der Waals surface area contributed by atoms with E-state index >= 15 is 0 Å². The smallest absolute Gasteiger partial charge is 0.0404 e. The van der Waals surface area contributed by atoms with E-state index in [0.717, 1.165) is 5.66 Å². The van der Waals surface area contributed by atoms with Crippen molar-refractivity contribution in [2.75, 3.05) is 12.8 Å². The molecular weight excluding hydrogens is 114 g/mol. The molecule has 1 aliphatic heterocycles. The highest BCUT2D eigenvalue weighted by Gasteiger charge is 2.37. The van der Waals surface area contributed by atoms with Gasteiger partial charge < -0.3 is 0 Å². The van der Waals surface area contributed by atoms with Gasteiger partial charge in [0.25, 0.3) is 0 Å². The Morgan fingerprint density at radius 3 is 2.38 bits per heavy atom. The van der Waals surface area contributed by atoms with Crippen LogP contribution in [-0.2, 0) is 0 Å². The Balaban J connectivity index is 2.54.